The third kappa shape index (κ3) is 6.72. The molecule has 0 spiro atoms. The van der Waals surface area contributed by atoms with Crippen molar-refractivity contribution in [2.75, 3.05) is 18.4 Å². The van der Waals surface area contributed by atoms with Crippen molar-refractivity contribution in [2.24, 2.45) is 22.7 Å². The van der Waals surface area contributed by atoms with Crippen LogP contribution in [-0.2, 0) is 14.4 Å². The molecule has 2 aliphatic rings. The van der Waals surface area contributed by atoms with Crippen LogP contribution in [0.15, 0.2) is 44.7 Å². The number of imidazole rings is 1. The Kier molecular flexibility index (Phi) is 8.82. The summed E-state index contributed by atoms with van der Waals surface area (Å²) in [6, 6.07) is 2.39. The second kappa shape index (κ2) is 12.5. The van der Waals surface area contributed by atoms with E-state index in [-0.39, 0.29) is 54.6 Å². The van der Waals surface area contributed by atoms with Crippen LogP contribution in [0.25, 0.3) is 0 Å². The van der Waals surface area contributed by atoms with Gasteiger partial charge in [0.05, 0.1) is 6.20 Å². The molecule has 226 valence electrons. The van der Waals surface area contributed by atoms with Crippen LogP contribution >= 0.6 is 31.9 Å². The number of carbonyl (C=O) groups excluding carboxylic acids is 5. The second-order valence-electron chi connectivity index (χ2n) is 10.3. The highest BCUT2D eigenvalue weighted by Crippen LogP contribution is 2.54. The fraction of sp³-hybridized carbons (Fsp3) is 0.346. The standard InChI is InChI=1S/C26H28Br2N10O5/c1-10(39)34-25-33-9-18(36-25)19-14(7-31-22(41)16-3-12(27)5-29-16)15(8-32-23(42)17-4-13(28)6-30-17)20(19)21-24(43)38-26(37-21)35-11(2)40/h3-6,9,14-15,19-21,29-30H,7-8H2,1-2H3,(H,31,41)(H,32,42)(H2,33,34,36,39)(H2,35,37,38,40,43). The largest absolute Gasteiger partial charge is 0.356 e. The molecule has 0 radical (unpaired) electrons. The van der Waals surface area contributed by atoms with Crippen molar-refractivity contribution in [1.29, 1.82) is 0 Å². The maximum absolute atomic E-state index is 13.2. The summed E-state index contributed by atoms with van der Waals surface area (Å²) in [6.45, 7) is 3.01. The van der Waals surface area contributed by atoms with E-state index in [4.69, 9.17) is 0 Å². The SMILES string of the molecule is CC(=O)NC1=NC(C2C(CNC(=O)c3cc(Br)c[nH]3)C(CNC(=O)c3cc(Br)c[nH]3)C2c2cnc(NC(C)=O)[nH]2)C(=O)N1. The fourth-order valence-corrected chi connectivity index (χ4v) is 6.34. The maximum Gasteiger partial charge on any atom is 0.267 e. The number of carbonyl (C=O) groups is 5. The van der Waals surface area contributed by atoms with Crippen molar-refractivity contribution < 1.29 is 24.0 Å². The van der Waals surface area contributed by atoms with Crippen molar-refractivity contribution in [3.8, 4) is 0 Å². The molecule has 0 bridgehead atoms. The minimum atomic E-state index is -0.910. The lowest BCUT2D eigenvalue weighted by atomic mass is 9.53. The number of nitrogens with zero attached hydrogens (tertiary/aromatic N) is 2. The summed E-state index contributed by atoms with van der Waals surface area (Å²) in [5.41, 5.74) is 1.32. The predicted molar refractivity (Wildman–Crippen MR) is 161 cm³/mol. The van der Waals surface area contributed by atoms with Crippen molar-refractivity contribution in [2.45, 2.75) is 25.8 Å². The number of rotatable bonds is 9. The molecule has 4 heterocycles. The lowest BCUT2D eigenvalue weighted by Crippen LogP contribution is -2.59. The number of hydrogen-bond donors (Lipinski definition) is 8. The van der Waals surface area contributed by atoms with Gasteiger partial charge in [0.25, 0.3) is 17.7 Å². The lowest BCUT2D eigenvalue weighted by molar-refractivity contribution is -0.124. The summed E-state index contributed by atoms with van der Waals surface area (Å²) >= 11 is 6.65. The molecule has 5 atom stereocenters. The smallest absolute Gasteiger partial charge is 0.267 e. The van der Waals surface area contributed by atoms with Gasteiger partial charge in [0.1, 0.15) is 17.4 Å². The van der Waals surface area contributed by atoms with E-state index in [9.17, 15) is 24.0 Å². The van der Waals surface area contributed by atoms with Crippen molar-refractivity contribution >= 4 is 73.3 Å². The summed E-state index contributed by atoms with van der Waals surface area (Å²) in [6.07, 6.45) is 4.85. The first-order chi connectivity index (χ1) is 20.5. The minimum Gasteiger partial charge on any atom is -0.356 e. The molecule has 0 aromatic carbocycles. The Balaban J connectivity index is 1.45. The number of H-pyrrole nitrogens is 3. The molecular formula is C26H28Br2N10O5. The van der Waals surface area contributed by atoms with Crippen LogP contribution < -0.4 is 26.6 Å². The topological polar surface area (TPSA) is 218 Å². The summed E-state index contributed by atoms with van der Waals surface area (Å²) < 4.78 is 1.44. The first-order valence-electron chi connectivity index (χ1n) is 13.2. The molecule has 1 fully saturated rings. The minimum absolute atomic E-state index is 0.0397. The molecule has 1 aliphatic heterocycles. The van der Waals surface area contributed by atoms with Gasteiger partial charge in [-0.3, -0.25) is 39.9 Å². The van der Waals surface area contributed by atoms with Crippen LogP contribution in [0, 0.1) is 17.8 Å². The van der Waals surface area contributed by atoms with Gasteiger partial charge in [-0.1, -0.05) is 0 Å². The molecule has 3 aromatic heterocycles. The Labute approximate surface area is 261 Å². The molecule has 43 heavy (non-hydrogen) atoms. The van der Waals surface area contributed by atoms with Crippen LogP contribution in [-0.4, -0.2) is 74.6 Å². The molecule has 1 saturated carbocycles. The fourth-order valence-electron chi connectivity index (χ4n) is 5.65. The zero-order chi connectivity index (χ0) is 30.8. The van der Waals surface area contributed by atoms with E-state index < -0.39 is 29.7 Å². The molecular weight excluding hydrogens is 692 g/mol. The van der Waals surface area contributed by atoms with Crippen LogP contribution in [0.4, 0.5) is 5.95 Å². The molecule has 17 heteroatoms. The number of aromatic amines is 3. The summed E-state index contributed by atoms with van der Waals surface area (Å²) in [5.74, 6) is -3.04. The van der Waals surface area contributed by atoms with Crippen molar-refractivity contribution in [3.05, 3.63) is 56.8 Å². The van der Waals surface area contributed by atoms with Gasteiger partial charge in [-0.05, 0) is 55.8 Å². The Morgan fingerprint density at radius 3 is 2.00 bits per heavy atom. The van der Waals surface area contributed by atoms with Crippen molar-refractivity contribution in [3.63, 3.8) is 0 Å². The average molecular weight is 720 g/mol. The molecule has 5 amide bonds. The normalized spacial score (nSPS) is 22.7. The number of amides is 5. The van der Waals surface area contributed by atoms with Gasteiger partial charge in [-0.15, -0.1) is 0 Å². The number of aliphatic imine (C=N–C) groups is 1. The van der Waals surface area contributed by atoms with E-state index in [1.807, 2.05) is 0 Å². The summed E-state index contributed by atoms with van der Waals surface area (Å²) in [4.78, 5) is 79.9. The van der Waals surface area contributed by atoms with Gasteiger partial charge < -0.3 is 25.6 Å². The van der Waals surface area contributed by atoms with Crippen LogP contribution in [0.3, 0.4) is 0 Å². The van der Waals surface area contributed by atoms with Crippen molar-refractivity contribution in [1.82, 2.24) is 41.2 Å². The third-order valence-electron chi connectivity index (χ3n) is 7.39. The van der Waals surface area contributed by atoms with E-state index in [0.29, 0.717) is 21.6 Å². The number of guanidine groups is 1. The van der Waals surface area contributed by atoms with Gasteiger partial charge in [0, 0.05) is 65.8 Å². The molecule has 5 rings (SSSR count). The molecule has 1 aliphatic carbocycles. The van der Waals surface area contributed by atoms with E-state index in [0.717, 1.165) is 4.47 Å². The van der Waals surface area contributed by atoms with Crippen LogP contribution in [0.2, 0.25) is 0 Å². The van der Waals surface area contributed by atoms with Gasteiger partial charge in [-0.2, -0.15) is 0 Å². The van der Waals surface area contributed by atoms with Gasteiger partial charge >= 0.3 is 0 Å². The molecule has 5 unspecified atom stereocenters. The highest BCUT2D eigenvalue weighted by molar-refractivity contribution is 9.10. The quantitative estimate of drug-likeness (QED) is 0.163. The molecule has 8 N–H and O–H groups in total. The van der Waals surface area contributed by atoms with E-state index in [2.05, 4.69) is 83.4 Å². The number of anilines is 1. The zero-order valence-corrected chi connectivity index (χ0v) is 26.1. The number of nitrogens with one attached hydrogen (secondary N) is 8. The van der Waals surface area contributed by atoms with Gasteiger partial charge in [0.2, 0.25) is 23.7 Å². The van der Waals surface area contributed by atoms with E-state index >= 15 is 0 Å². The van der Waals surface area contributed by atoms with E-state index in [1.165, 1.54) is 13.8 Å². The number of aromatic nitrogens is 4. The first-order valence-corrected chi connectivity index (χ1v) is 14.8. The van der Waals surface area contributed by atoms with Gasteiger partial charge in [-0.25, -0.2) is 9.98 Å². The van der Waals surface area contributed by atoms with Gasteiger partial charge in [0.15, 0.2) is 0 Å². The van der Waals surface area contributed by atoms with Crippen LogP contribution in [0.1, 0.15) is 46.4 Å². The lowest BCUT2D eigenvalue weighted by Gasteiger charge is -2.53. The molecule has 15 nitrogen and oxygen atoms in total. The Hall–Kier alpha value is -4.25. The monoisotopic (exact) mass is 718 g/mol. The summed E-state index contributed by atoms with van der Waals surface area (Å²) in [5, 5.41) is 13.6. The number of halogens is 2. The predicted octanol–water partition coefficient (Wildman–Crippen LogP) is 1.35. The second-order valence-corrected chi connectivity index (χ2v) is 12.1. The average Bonchev–Trinajstić information content (AvgIpc) is 3.72. The molecule has 3 aromatic rings. The summed E-state index contributed by atoms with van der Waals surface area (Å²) in [7, 11) is 0. The third-order valence-corrected chi connectivity index (χ3v) is 8.30. The maximum atomic E-state index is 13.2. The Morgan fingerprint density at radius 2 is 1.47 bits per heavy atom. The Morgan fingerprint density at radius 1 is 0.884 bits per heavy atom. The van der Waals surface area contributed by atoms with E-state index in [1.54, 1.807) is 30.7 Å². The Bertz CT molecular complexity index is 1610. The molecule has 0 saturated heterocycles. The van der Waals surface area contributed by atoms with Crippen LogP contribution in [0.5, 0.6) is 0 Å². The highest BCUT2D eigenvalue weighted by atomic mass is 79.9. The zero-order valence-electron chi connectivity index (χ0n) is 22.9. The first kappa shape index (κ1) is 30.2. The highest BCUT2D eigenvalue weighted by Gasteiger charge is 2.57. The number of hydrogen-bond acceptors (Lipinski definition) is 7.